The highest BCUT2D eigenvalue weighted by molar-refractivity contribution is 6.04. The van der Waals surface area contributed by atoms with Crippen molar-refractivity contribution in [3.63, 3.8) is 0 Å². The fraction of sp³-hybridized carbons (Fsp3) is 0.182. The van der Waals surface area contributed by atoms with Crippen molar-refractivity contribution in [1.82, 2.24) is 15.2 Å². The maximum atomic E-state index is 12.3. The molecule has 0 aliphatic rings. The molecule has 100 valence electrons. The van der Waals surface area contributed by atoms with Crippen molar-refractivity contribution < 1.29 is 18.0 Å². The van der Waals surface area contributed by atoms with Crippen molar-refractivity contribution in [2.45, 2.75) is 13.1 Å². The lowest BCUT2D eigenvalue weighted by molar-refractivity contribution is -0.144. The monoisotopic (exact) mass is 270 g/mol. The largest absolute Gasteiger partial charge is 0.451 e. The Morgan fingerprint density at radius 1 is 1.32 bits per heavy atom. The Morgan fingerprint density at radius 2 is 2.00 bits per heavy atom. The SMILES string of the molecule is Cc1ccccc1C(=O)Nc1n[nH]c(C(F)(F)F)n1. The van der Waals surface area contributed by atoms with E-state index in [0.29, 0.717) is 11.1 Å². The molecule has 0 radical (unpaired) electrons. The zero-order chi connectivity index (χ0) is 14.0. The first kappa shape index (κ1) is 13.1. The molecule has 0 aliphatic heterocycles. The van der Waals surface area contributed by atoms with Crippen molar-refractivity contribution in [3.05, 3.63) is 41.2 Å². The number of aryl methyl sites for hydroxylation is 1. The van der Waals surface area contributed by atoms with Crippen molar-refractivity contribution >= 4 is 11.9 Å². The lowest BCUT2D eigenvalue weighted by Crippen LogP contribution is -2.14. The van der Waals surface area contributed by atoms with Gasteiger partial charge in [-0.2, -0.15) is 18.2 Å². The Bertz CT molecular complexity index is 606. The summed E-state index contributed by atoms with van der Waals surface area (Å²) in [5.74, 6) is -2.24. The first-order chi connectivity index (χ1) is 8.88. The second kappa shape index (κ2) is 4.71. The van der Waals surface area contributed by atoms with Gasteiger partial charge < -0.3 is 0 Å². The summed E-state index contributed by atoms with van der Waals surface area (Å²) < 4.78 is 36.8. The summed E-state index contributed by atoms with van der Waals surface area (Å²) in [4.78, 5) is 15.0. The molecule has 0 saturated heterocycles. The molecule has 19 heavy (non-hydrogen) atoms. The molecule has 1 amide bonds. The number of aromatic amines is 1. The molecule has 1 aromatic heterocycles. The third-order valence-corrected chi connectivity index (χ3v) is 2.37. The predicted octanol–water partition coefficient (Wildman–Crippen LogP) is 2.38. The van der Waals surface area contributed by atoms with Crippen LogP contribution < -0.4 is 5.32 Å². The van der Waals surface area contributed by atoms with E-state index in [-0.39, 0.29) is 0 Å². The standard InChI is InChI=1S/C11H9F3N4O/c1-6-4-2-3-5-7(6)8(19)15-10-16-9(17-18-10)11(12,13)14/h2-5H,1H3,(H2,15,16,17,18,19). The minimum absolute atomic E-state index is 0.348. The lowest BCUT2D eigenvalue weighted by Gasteiger charge is -2.04. The highest BCUT2D eigenvalue weighted by Crippen LogP contribution is 2.26. The number of anilines is 1. The van der Waals surface area contributed by atoms with E-state index in [1.807, 2.05) is 0 Å². The number of alkyl halides is 3. The number of aromatic nitrogens is 3. The molecule has 2 N–H and O–H groups in total. The van der Waals surface area contributed by atoms with E-state index in [9.17, 15) is 18.0 Å². The summed E-state index contributed by atoms with van der Waals surface area (Å²) in [6.07, 6.45) is -4.63. The zero-order valence-corrected chi connectivity index (χ0v) is 9.75. The minimum atomic E-state index is -4.63. The van der Waals surface area contributed by atoms with Gasteiger partial charge in [0.05, 0.1) is 0 Å². The van der Waals surface area contributed by atoms with Crippen LogP contribution in [0, 0.1) is 6.92 Å². The maximum Gasteiger partial charge on any atom is 0.451 e. The average molecular weight is 270 g/mol. The molecule has 0 atom stereocenters. The smallest absolute Gasteiger partial charge is 0.289 e. The van der Waals surface area contributed by atoms with Gasteiger partial charge in [-0.15, -0.1) is 5.10 Å². The second-order valence-electron chi connectivity index (χ2n) is 3.77. The van der Waals surface area contributed by atoms with Gasteiger partial charge in [0.2, 0.25) is 11.8 Å². The van der Waals surface area contributed by atoms with Gasteiger partial charge in [-0.05, 0) is 18.6 Å². The van der Waals surface area contributed by atoms with Gasteiger partial charge in [0.25, 0.3) is 5.91 Å². The van der Waals surface area contributed by atoms with Crippen LogP contribution in [0.5, 0.6) is 0 Å². The summed E-state index contributed by atoms with van der Waals surface area (Å²) in [6.45, 7) is 1.72. The Balaban J connectivity index is 2.16. The van der Waals surface area contributed by atoms with Crippen LogP contribution in [-0.4, -0.2) is 21.1 Å². The van der Waals surface area contributed by atoms with E-state index in [1.165, 1.54) is 0 Å². The Hall–Kier alpha value is -2.38. The number of H-pyrrole nitrogens is 1. The van der Waals surface area contributed by atoms with E-state index in [0.717, 1.165) is 0 Å². The van der Waals surface area contributed by atoms with Crippen LogP contribution in [0.3, 0.4) is 0 Å². The number of carbonyl (C=O) groups is 1. The van der Waals surface area contributed by atoms with Crippen molar-refractivity contribution in [2.24, 2.45) is 0 Å². The number of benzene rings is 1. The van der Waals surface area contributed by atoms with Crippen LogP contribution in [0.25, 0.3) is 0 Å². The van der Waals surface area contributed by atoms with Crippen LogP contribution in [-0.2, 0) is 6.18 Å². The van der Waals surface area contributed by atoms with Gasteiger partial charge in [0, 0.05) is 5.56 Å². The summed E-state index contributed by atoms with van der Waals surface area (Å²) in [5, 5.41) is 7.21. The summed E-state index contributed by atoms with van der Waals surface area (Å²) in [7, 11) is 0. The van der Waals surface area contributed by atoms with Crippen LogP contribution in [0.4, 0.5) is 19.1 Å². The molecular weight excluding hydrogens is 261 g/mol. The van der Waals surface area contributed by atoms with E-state index in [2.05, 4.69) is 15.4 Å². The van der Waals surface area contributed by atoms with Crippen molar-refractivity contribution in [1.29, 1.82) is 0 Å². The maximum absolute atomic E-state index is 12.3. The molecule has 0 spiro atoms. The van der Waals surface area contributed by atoms with Crippen LogP contribution in [0.2, 0.25) is 0 Å². The van der Waals surface area contributed by atoms with Gasteiger partial charge in [0.15, 0.2) is 0 Å². The van der Waals surface area contributed by atoms with E-state index < -0.39 is 23.9 Å². The quantitative estimate of drug-likeness (QED) is 0.880. The van der Waals surface area contributed by atoms with Gasteiger partial charge in [-0.25, -0.2) is 0 Å². The minimum Gasteiger partial charge on any atom is -0.289 e. The van der Waals surface area contributed by atoms with Gasteiger partial charge >= 0.3 is 6.18 Å². The molecule has 1 heterocycles. The number of halogens is 3. The van der Waals surface area contributed by atoms with Crippen molar-refractivity contribution in [2.75, 3.05) is 5.32 Å². The summed E-state index contributed by atoms with van der Waals surface area (Å²) in [6, 6.07) is 6.68. The molecule has 0 saturated carbocycles. The number of amides is 1. The highest BCUT2D eigenvalue weighted by Gasteiger charge is 2.35. The molecule has 8 heteroatoms. The fourth-order valence-corrected chi connectivity index (χ4v) is 1.44. The van der Waals surface area contributed by atoms with Crippen molar-refractivity contribution in [3.8, 4) is 0 Å². The van der Waals surface area contributed by atoms with Crippen LogP contribution in [0.15, 0.2) is 24.3 Å². The summed E-state index contributed by atoms with van der Waals surface area (Å²) >= 11 is 0. The number of hydrogen-bond donors (Lipinski definition) is 2. The molecule has 2 aromatic rings. The molecule has 0 unspecified atom stereocenters. The molecule has 0 bridgehead atoms. The Kier molecular flexibility index (Phi) is 3.24. The second-order valence-corrected chi connectivity index (χ2v) is 3.77. The summed E-state index contributed by atoms with van der Waals surface area (Å²) in [5.41, 5.74) is 1.05. The third kappa shape index (κ3) is 2.90. The predicted molar refractivity (Wildman–Crippen MR) is 60.5 cm³/mol. The fourth-order valence-electron chi connectivity index (χ4n) is 1.44. The van der Waals surface area contributed by atoms with E-state index in [1.54, 1.807) is 36.3 Å². The van der Waals surface area contributed by atoms with E-state index in [4.69, 9.17) is 0 Å². The number of nitrogens with one attached hydrogen (secondary N) is 2. The van der Waals surface area contributed by atoms with Crippen LogP contribution in [0.1, 0.15) is 21.7 Å². The normalized spacial score (nSPS) is 11.4. The van der Waals surface area contributed by atoms with Gasteiger partial charge in [-0.3, -0.25) is 15.2 Å². The Labute approximate surface area is 105 Å². The molecule has 0 aliphatic carbocycles. The average Bonchev–Trinajstić information content (AvgIpc) is 2.77. The van der Waals surface area contributed by atoms with Gasteiger partial charge in [-0.1, -0.05) is 18.2 Å². The van der Waals surface area contributed by atoms with Gasteiger partial charge in [0.1, 0.15) is 0 Å². The number of nitrogens with zero attached hydrogens (tertiary/aromatic N) is 2. The lowest BCUT2D eigenvalue weighted by atomic mass is 10.1. The molecular formula is C11H9F3N4O. The third-order valence-electron chi connectivity index (χ3n) is 2.37. The van der Waals surface area contributed by atoms with E-state index >= 15 is 0 Å². The number of carbonyl (C=O) groups excluding carboxylic acids is 1. The molecule has 1 aromatic carbocycles. The number of hydrogen-bond acceptors (Lipinski definition) is 3. The van der Waals surface area contributed by atoms with Crippen LogP contribution >= 0.6 is 0 Å². The first-order valence-corrected chi connectivity index (χ1v) is 5.24. The number of rotatable bonds is 2. The first-order valence-electron chi connectivity index (χ1n) is 5.24. The molecule has 0 fully saturated rings. The Morgan fingerprint density at radius 3 is 2.58 bits per heavy atom. The molecule has 2 rings (SSSR count). The highest BCUT2D eigenvalue weighted by atomic mass is 19.4. The zero-order valence-electron chi connectivity index (χ0n) is 9.75. The topological polar surface area (TPSA) is 70.7 Å². The molecule has 5 nitrogen and oxygen atoms in total.